The molecule has 0 radical (unpaired) electrons. The molecule has 0 spiro atoms. The molecule has 0 heterocycles. The second-order valence-electron chi connectivity index (χ2n) is 6.66. The smallest absolute Gasteiger partial charge is 0.0328 e. The first-order chi connectivity index (χ1) is 7.90. The van der Waals surface area contributed by atoms with Crippen LogP contribution in [0.3, 0.4) is 0 Å². The number of hydrogen-bond donors (Lipinski definition) is 1. The monoisotopic (exact) mass is 231 g/mol. The van der Waals surface area contributed by atoms with Crippen molar-refractivity contribution >= 4 is 0 Å². The van der Waals surface area contributed by atoms with E-state index in [4.69, 9.17) is 5.73 Å². The fraction of sp³-hybridized carbons (Fsp3) is 0.625. The van der Waals surface area contributed by atoms with E-state index in [-0.39, 0.29) is 6.04 Å². The number of rotatable bonds is 4. The Balaban J connectivity index is 2.03. The average Bonchev–Trinajstić information content (AvgIpc) is 2.87. The molecular formula is C16H25N. The quantitative estimate of drug-likeness (QED) is 0.834. The summed E-state index contributed by atoms with van der Waals surface area (Å²) in [6.07, 6.45) is 2.42. The van der Waals surface area contributed by atoms with E-state index in [0.717, 1.165) is 12.3 Å². The highest BCUT2D eigenvalue weighted by molar-refractivity contribution is 5.27. The molecule has 2 rings (SSSR count). The predicted octanol–water partition coefficient (Wildman–Crippen LogP) is 3.93. The van der Waals surface area contributed by atoms with Crippen LogP contribution < -0.4 is 5.73 Å². The first kappa shape index (κ1) is 12.6. The molecule has 0 aromatic heterocycles. The maximum Gasteiger partial charge on any atom is 0.0328 e. The van der Waals surface area contributed by atoms with Gasteiger partial charge in [0.15, 0.2) is 0 Å². The molecular weight excluding hydrogens is 206 g/mol. The van der Waals surface area contributed by atoms with Gasteiger partial charge in [-0.15, -0.1) is 0 Å². The van der Waals surface area contributed by atoms with Crippen molar-refractivity contribution in [3.63, 3.8) is 0 Å². The highest BCUT2D eigenvalue weighted by Crippen LogP contribution is 2.56. The normalized spacial score (nSPS) is 23.8. The van der Waals surface area contributed by atoms with E-state index in [1.807, 2.05) is 0 Å². The lowest BCUT2D eigenvalue weighted by Gasteiger charge is -2.15. The second kappa shape index (κ2) is 4.45. The Morgan fingerprint density at radius 3 is 2.18 bits per heavy atom. The van der Waals surface area contributed by atoms with Gasteiger partial charge in [0.2, 0.25) is 0 Å². The second-order valence-corrected chi connectivity index (χ2v) is 6.66. The molecule has 1 saturated carbocycles. The van der Waals surface area contributed by atoms with Crippen LogP contribution in [0.1, 0.15) is 51.3 Å². The Morgan fingerprint density at radius 2 is 1.76 bits per heavy atom. The molecule has 1 heteroatoms. The summed E-state index contributed by atoms with van der Waals surface area (Å²) < 4.78 is 0. The summed E-state index contributed by atoms with van der Waals surface area (Å²) in [7, 11) is 0. The van der Waals surface area contributed by atoms with E-state index in [0.29, 0.717) is 11.3 Å². The van der Waals surface area contributed by atoms with Crippen molar-refractivity contribution in [1.82, 2.24) is 0 Å². The van der Waals surface area contributed by atoms with Gasteiger partial charge in [-0.3, -0.25) is 0 Å². The highest BCUT2D eigenvalue weighted by atomic mass is 14.7. The van der Waals surface area contributed by atoms with Crippen LogP contribution in [0.15, 0.2) is 24.3 Å². The van der Waals surface area contributed by atoms with Gasteiger partial charge in [-0.2, -0.15) is 0 Å². The Kier molecular flexibility index (Phi) is 3.31. The molecule has 1 aliphatic carbocycles. The number of hydrogen-bond acceptors (Lipinski definition) is 1. The maximum absolute atomic E-state index is 6.33. The Bertz CT molecular complexity index is 375. The van der Waals surface area contributed by atoms with Crippen molar-refractivity contribution in [2.45, 2.75) is 46.6 Å². The van der Waals surface area contributed by atoms with Crippen molar-refractivity contribution in [2.24, 2.45) is 23.0 Å². The van der Waals surface area contributed by atoms with Gasteiger partial charge < -0.3 is 5.73 Å². The summed E-state index contributed by atoms with van der Waals surface area (Å²) in [6.45, 7) is 9.13. The molecule has 94 valence electrons. The molecule has 1 nitrogen and oxygen atoms in total. The standard InChI is InChI=1S/C16H25N/c1-11(2)9-12-5-7-13(8-6-12)15(17)14-10-16(14,3)4/h5-8,11,14-15H,9-10,17H2,1-4H3. The van der Waals surface area contributed by atoms with Crippen LogP contribution in [0.5, 0.6) is 0 Å². The molecule has 17 heavy (non-hydrogen) atoms. The van der Waals surface area contributed by atoms with Gasteiger partial charge in [0.25, 0.3) is 0 Å². The maximum atomic E-state index is 6.33. The van der Waals surface area contributed by atoms with Crippen LogP contribution in [0.4, 0.5) is 0 Å². The van der Waals surface area contributed by atoms with E-state index in [9.17, 15) is 0 Å². The summed E-state index contributed by atoms with van der Waals surface area (Å²) in [5.74, 6) is 1.38. The third kappa shape index (κ3) is 2.90. The van der Waals surface area contributed by atoms with Gasteiger partial charge in [-0.1, -0.05) is 52.0 Å². The van der Waals surface area contributed by atoms with Crippen molar-refractivity contribution in [2.75, 3.05) is 0 Å². The van der Waals surface area contributed by atoms with Gasteiger partial charge in [-0.25, -0.2) is 0 Å². The third-order valence-electron chi connectivity index (χ3n) is 4.03. The molecule has 0 bridgehead atoms. The van der Waals surface area contributed by atoms with E-state index < -0.39 is 0 Å². The van der Waals surface area contributed by atoms with Crippen LogP contribution in [-0.4, -0.2) is 0 Å². The molecule has 0 aliphatic heterocycles. The van der Waals surface area contributed by atoms with Crippen LogP contribution in [0, 0.1) is 17.3 Å². The zero-order valence-corrected chi connectivity index (χ0v) is 11.5. The number of nitrogens with two attached hydrogens (primary N) is 1. The summed E-state index contributed by atoms with van der Waals surface area (Å²) in [5.41, 5.74) is 9.50. The fourth-order valence-corrected chi connectivity index (χ4v) is 2.70. The summed E-state index contributed by atoms with van der Waals surface area (Å²) >= 11 is 0. The lowest BCUT2D eigenvalue weighted by molar-refractivity contribution is 0.491. The summed E-state index contributed by atoms with van der Waals surface area (Å²) in [4.78, 5) is 0. The van der Waals surface area contributed by atoms with Crippen LogP contribution in [-0.2, 0) is 6.42 Å². The first-order valence-corrected chi connectivity index (χ1v) is 6.74. The van der Waals surface area contributed by atoms with Gasteiger partial charge in [0.05, 0.1) is 0 Å². The van der Waals surface area contributed by atoms with Crippen molar-refractivity contribution in [3.05, 3.63) is 35.4 Å². The van der Waals surface area contributed by atoms with E-state index >= 15 is 0 Å². The van der Waals surface area contributed by atoms with E-state index in [1.54, 1.807) is 0 Å². The average molecular weight is 231 g/mol. The highest BCUT2D eigenvalue weighted by Gasteiger charge is 2.49. The molecule has 0 saturated heterocycles. The fourth-order valence-electron chi connectivity index (χ4n) is 2.70. The van der Waals surface area contributed by atoms with Gasteiger partial charge in [0.1, 0.15) is 0 Å². The molecule has 1 fully saturated rings. The Hall–Kier alpha value is -0.820. The minimum absolute atomic E-state index is 0.220. The SMILES string of the molecule is CC(C)Cc1ccc(C(N)C2CC2(C)C)cc1. The predicted molar refractivity (Wildman–Crippen MR) is 73.8 cm³/mol. The molecule has 2 unspecified atom stereocenters. The van der Waals surface area contributed by atoms with E-state index in [2.05, 4.69) is 52.0 Å². The minimum atomic E-state index is 0.220. The largest absolute Gasteiger partial charge is 0.324 e. The zero-order valence-electron chi connectivity index (χ0n) is 11.5. The van der Waals surface area contributed by atoms with Gasteiger partial charge >= 0.3 is 0 Å². The molecule has 2 atom stereocenters. The van der Waals surface area contributed by atoms with Gasteiger partial charge in [0, 0.05) is 6.04 Å². The molecule has 1 aliphatic rings. The molecule has 1 aromatic rings. The molecule has 0 amide bonds. The zero-order chi connectivity index (χ0) is 12.6. The summed E-state index contributed by atoms with van der Waals surface area (Å²) in [6, 6.07) is 9.14. The van der Waals surface area contributed by atoms with Crippen LogP contribution >= 0.6 is 0 Å². The first-order valence-electron chi connectivity index (χ1n) is 6.74. The molecule has 1 aromatic carbocycles. The molecule has 2 N–H and O–H groups in total. The Morgan fingerprint density at radius 1 is 1.24 bits per heavy atom. The lowest BCUT2D eigenvalue weighted by Crippen LogP contribution is -2.15. The van der Waals surface area contributed by atoms with Crippen molar-refractivity contribution < 1.29 is 0 Å². The van der Waals surface area contributed by atoms with Gasteiger partial charge in [-0.05, 0) is 41.2 Å². The lowest BCUT2D eigenvalue weighted by atomic mass is 9.95. The topological polar surface area (TPSA) is 26.0 Å². The van der Waals surface area contributed by atoms with Crippen molar-refractivity contribution in [1.29, 1.82) is 0 Å². The Labute approximate surface area is 105 Å². The van der Waals surface area contributed by atoms with Crippen molar-refractivity contribution in [3.8, 4) is 0 Å². The summed E-state index contributed by atoms with van der Waals surface area (Å²) in [5, 5.41) is 0. The third-order valence-corrected chi connectivity index (χ3v) is 4.03. The van der Waals surface area contributed by atoms with E-state index in [1.165, 1.54) is 17.5 Å². The van der Waals surface area contributed by atoms with Crippen LogP contribution in [0.2, 0.25) is 0 Å². The number of benzene rings is 1. The minimum Gasteiger partial charge on any atom is -0.324 e. The van der Waals surface area contributed by atoms with Crippen LogP contribution in [0.25, 0.3) is 0 Å².